The molecule has 0 unspecified atom stereocenters. The van der Waals surface area contributed by atoms with E-state index in [2.05, 4.69) is 0 Å². The Hall–Kier alpha value is -2.23. The summed E-state index contributed by atoms with van der Waals surface area (Å²) >= 11 is 0. The van der Waals surface area contributed by atoms with Crippen LogP contribution in [0.2, 0.25) is 0 Å². The third-order valence-corrected chi connectivity index (χ3v) is 2.42. The highest BCUT2D eigenvalue weighted by Crippen LogP contribution is 2.20. The van der Waals surface area contributed by atoms with E-state index < -0.39 is 17.4 Å². The predicted molar refractivity (Wildman–Crippen MR) is 60.6 cm³/mol. The van der Waals surface area contributed by atoms with E-state index in [1.807, 2.05) is 0 Å². The zero-order chi connectivity index (χ0) is 12.4. The standard InChI is InChI=1S/C13H9F2NO/c14-10-6-2-1-4-8(10)13(17)9-5-3-7-11(15)12(9)16/h1-7H,16H2. The van der Waals surface area contributed by atoms with E-state index >= 15 is 0 Å². The minimum Gasteiger partial charge on any atom is -0.396 e. The Bertz CT molecular complexity index is 581. The number of halogens is 2. The molecule has 86 valence electrons. The van der Waals surface area contributed by atoms with Crippen molar-refractivity contribution in [2.24, 2.45) is 0 Å². The van der Waals surface area contributed by atoms with Gasteiger partial charge >= 0.3 is 0 Å². The normalized spacial score (nSPS) is 10.2. The van der Waals surface area contributed by atoms with Crippen molar-refractivity contribution in [1.82, 2.24) is 0 Å². The Morgan fingerprint density at radius 1 is 0.882 bits per heavy atom. The molecule has 0 amide bonds. The highest BCUT2D eigenvalue weighted by atomic mass is 19.1. The Kier molecular flexibility index (Phi) is 2.87. The molecule has 2 nitrogen and oxygen atoms in total. The van der Waals surface area contributed by atoms with Gasteiger partial charge in [-0.05, 0) is 24.3 Å². The summed E-state index contributed by atoms with van der Waals surface area (Å²) in [7, 11) is 0. The van der Waals surface area contributed by atoms with Crippen molar-refractivity contribution in [3.8, 4) is 0 Å². The van der Waals surface area contributed by atoms with Crippen molar-refractivity contribution >= 4 is 11.5 Å². The van der Waals surface area contributed by atoms with Crippen LogP contribution in [0.5, 0.6) is 0 Å². The number of nitrogen functional groups attached to an aromatic ring is 1. The fourth-order valence-electron chi connectivity index (χ4n) is 1.53. The van der Waals surface area contributed by atoms with Crippen LogP contribution in [0.15, 0.2) is 42.5 Å². The number of nitrogens with two attached hydrogens (primary N) is 1. The number of carbonyl (C=O) groups is 1. The highest BCUT2D eigenvalue weighted by Gasteiger charge is 2.17. The van der Waals surface area contributed by atoms with Crippen molar-refractivity contribution in [3.05, 3.63) is 65.2 Å². The molecule has 0 aliphatic carbocycles. The molecule has 17 heavy (non-hydrogen) atoms. The molecule has 0 aromatic heterocycles. The van der Waals surface area contributed by atoms with E-state index in [0.717, 1.165) is 6.07 Å². The lowest BCUT2D eigenvalue weighted by atomic mass is 10.0. The van der Waals surface area contributed by atoms with Gasteiger partial charge in [0.2, 0.25) is 0 Å². The lowest BCUT2D eigenvalue weighted by Gasteiger charge is -2.06. The van der Waals surface area contributed by atoms with Crippen LogP contribution in [0, 0.1) is 11.6 Å². The summed E-state index contributed by atoms with van der Waals surface area (Å²) in [6, 6.07) is 9.39. The van der Waals surface area contributed by atoms with Crippen molar-refractivity contribution < 1.29 is 13.6 Å². The molecular formula is C13H9F2NO. The van der Waals surface area contributed by atoms with Gasteiger partial charge in [0, 0.05) is 5.56 Å². The molecule has 2 N–H and O–H groups in total. The van der Waals surface area contributed by atoms with Gasteiger partial charge in [0.05, 0.1) is 11.3 Å². The second-order valence-electron chi connectivity index (χ2n) is 3.51. The van der Waals surface area contributed by atoms with E-state index in [4.69, 9.17) is 5.73 Å². The second kappa shape index (κ2) is 4.33. The minimum absolute atomic E-state index is 0.0323. The Labute approximate surface area is 96.7 Å². The highest BCUT2D eigenvalue weighted by molar-refractivity contribution is 6.12. The van der Waals surface area contributed by atoms with Crippen LogP contribution in [0.25, 0.3) is 0 Å². The SMILES string of the molecule is Nc1c(F)cccc1C(=O)c1ccccc1F. The molecular weight excluding hydrogens is 224 g/mol. The topological polar surface area (TPSA) is 43.1 Å². The molecule has 0 atom stereocenters. The van der Waals surface area contributed by atoms with Crippen LogP contribution in [0.4, 0.5) is 14.5 Å². The quantitative estimate of drug-likeness (QED) is 0.640. The summed E-state index contributed by atoms with van der Waals surface area (Å²) < 4.78 is 26.6. The van der Waals surface area contributed by atoms with Gasteiger partial charge in [-0.15, -0.1) is 0 Å². The molecule has 0 bridgehead atoms. The third-order valence-electron chi connectivity index (χ3n) is 2.42. The zero-order valence-corrected chi connectivity index (χ0v) is 8.78. The van der Waals surface area contributed by atoms with Crippen LogP contribution < -0.4 is 5.73 Å². The van der Waals surface area contributed by atoms with E-state index in [0.29, 0.717) is 0 Å². The van der Waals surface area contributed by atoms with Crippen LogP contribution in [0.3, 0.4) is 0 Å². The number of ketones is 1. The number of anilines is 1. The van der Waals surface area contributed by atoms with Gasteiger partial charge in [-0.3, -0.25) is 4.79 Å². The average molecular weight is 233 g/mol. The van der Waals surface area contributed by atoms with Gasteiger partial charge in [0.25, 0.3) is 0 Å². The van der Waals surface area contributed by atoms with Crippen LogP contribution in [-0.4, -0.2) is 5.78 Å². The maximum absolute atomic E-state index is 13.4. The number of para-hydroxylation sites is 1. The van der Waals surface area contributed by atoms with E-state index in [1.54, 1.807) is 0 Å². The van der Waals surface area contributed by atoms with E-state index in [1.165, 1.54) is 36.4 Å². The van der Waals surface area contributed by atoms with Gasteiger partial charge in [0.15, 0.2) is 5.78 Å². The molecule has 0 aliphatic heterocycles. The number of rotatable bonds is 2. The molecule has 0 saturated carbocycles. The molecule has 0 heterocycles. The molecule has 2 aromatic carbocycles. The summed E-state index contributed by atoms with van der Waals surface area (Å²) in [5.41, 5.74) is 5.04. The first-order valence-corrected chi connectivity index (χ1v) is 4.94. The average Bonchev–Trinajstić information content (AvgIpc) is 2.32. The van der Waals surface area contributed by atoms with Crippen LogP contribution in [0.1, 0.15) is 15.9 Å². The van der Waals surface area contributed by atoms with Gasteiger partial charge in [-0.1, -0.05) is 18.2 Å². The van der Waals surface area contributed by atoms with Crippen molar-refractivity contribution in [2.45, 2.75) is 0 Å². The van der Waals surface area contributed by atoms with Crippen molar-refractivity contribution in [3.63, 3.8) is 0 Å². The third kappa shape index (κ3) is 2.01. The minimum atomic E-state index is -0.688. The van der Waals surface area contributed by atoms with Crippen LogP contribution >= 0.6 is 0 Å². The van der Waals surface area contributed by atoms with E-state index in [9.17, 15) is 13.6 Å². The fourth-order valence-corrected chi connectivity index (χ4v) is 1.53. The maximum atomic E-state index is 13.4. The molecule has 0 saturated heterocycles. The lowest BCUT2D eigenvalue weighted by Crippen LogP contribution is -2.08. The number of carbonyl (C=O) groups excluding carboxylic acids is 1. The molecule has 4 heteroatoms. The van der Waals surface area contributed by atoms with Gasteiger partial charge in [-0.25, -0.2) is 8.78 Å². The van der Waals surface area contributed by atoms with Crippen LogP contribution in [-0.2, 0) is 0 Å². The first kappa shape index (κ1) is 11.3. The summed E-state index contributed by atoms with van der Waals surface area (Å²) in [4.78, 5) is 12.0. The molecule has 2 rings (SSSR count). The smallest absolute Gasteiger partial charge is 0.198 e. The molecule has 0 aliphatic rings. The largest absolute Gasteiger partial charge is 0.396 e. The second-order valence-corrected chi connectivity index (χ2v) is 3.51. The Morgan fingerprint density at radius 3 is 2.18 bits per heavy atom. The fraction of sp³-hybridized carbons (Fsp3) is 0. The van der Waals surface area contributed by atoms with Gasteiger partial charge in [0.1, 0.15) is 11.6 Å². The molecule has 0 radical (unpaired) electrons. The molecule has 2 aromatic rings. The summed E-state index contributed by atoms with van der Waals surface area (Å²) in [6.07, 6.45) is 0. The zero-order valence-electron chi connectivity index (χ0n) is 8.78. The van der Waals surface area contributed by atoms with Gasteiger partial charge < -0.3 is 5.73 Å². The number of benzene rings is 2. The lowest BCUT2D eigenvalue weighted by molar-refractivity contribution is 0.103. The van der Waals surface area contributed by atoms with Crippen molar-refractivity contribution in [1.29, 1.82) is 0 Å². The van der Waals surface area contributed by atoms with Gasteiger partial charge in [-0.2, -0.15) is 0 Å². The van der Waals surface area contributed by atoms with Crippen molar-refractivity contribution in [2.75, 3.05) is 5.73 Å². The Balaban J connectivity index is 2.52. The summed E-state index contributed by atoms with van der Waals surface area (Å²) in [6.45, 7) is 0. The summed E-state index contributed by atoms with van der Waals surface area (Å²) in [5, 5.41) is 0. The number of hydrogen-bond donors (Lipinski definition) is 1. The Morgan fingerprint density at radius 2 is 1.47 bits per heavy atom. The first-order chi connectivity index (χ1) is 8.11. The van der Waals surface area contributed by atoms with E-state index in [-0.39, 0.29) is 16.8 Å². The maximum Gasteiger partial charge on any atom is 0.198 e. The molecule has 0 spiro atoms. The monoisotopic (exact) mass is 233 g/mol. The first-order valence-electron chi connectivity index (χ1n) is 4.94. The molecule has 0 fully saturated rings. The summed E-state index contributed by atoms with van der Waals surface area (Å²) in [5.74, 6) is -1.96. The predicted octanol–water partition coefficient (Wildman–Crippen LogP) is 2.78. The number of hydrogen-bond acceptors (Lipinski definition) is 2.